The van der Waals surface area contributed by atoms with Gasteiger partial charge in [0, 0.05) is 50.6 Å². The number of likely N-dealkylation sites (tertiary alicyclic amines) is 1. The van der Waals surface area contributed by atoms with Gasteiger partial charge in [0.2, 0.25) is 11.8 Å². The minimum atomic E-state index is -2.86. The lowest BCUT2D eigenvalue weighted by molar-refractivity contribution is -0.134. The van der Waals surface area contributed by atoms with Crippen LogP contribution in [0.15, 0.2) is 59.5 Å². The number of rotatable bonds is 10. The fourth-order valence-corrected chi connectivity index (χ4v) is 10.5. The second kappa shape index (κ2) is 17.3. The van der Waals surface area contributed by atoms with E-state index in [0.717, 1.165) is 98.7 Å². The highest BCUT2D eigenvalue weighted by Gasteiger charge is 2.40. The number of imide groups is 1. The highest BCUT2D eigenvalue weighted by molar-refractivity contribution is 6.11. The molecule has 0 radical (unpaired) electrons. The molecule has 2 N–H and O–H groups in total. The van der Waals surface area contributed by atoms with E-state index in [0.29, 0.717) is 42.5 Å². The van der Waals surface area contributed by atoms with Gasteiger partial charge in [-0.05, 0) is 92.3 Å². The van der Waals surface area contributed by atoms with Gasteiger partial charge in [-0.1, -0.05) is 29.1 Å². The summed E-state index contributed by atoms with van der Waals surface area (Å²) in [5, 5.41) is 20.5. The molecule has 1 aliphatic carbocycles. The third-order valence-corrected chi connectivity index (χ3v) is 14.0. The summed E-state index contributed by atoms with van der Waals surface area (Å²) in [6.07, 6.45) is 9.12. The lowest BCUT2D eigenvalue weighted by Crippen LogP contribution is -2.40. The first-order chi connectivity index (χ1) is 31.7. The number of benzene rings is 2. The Morgan fingerprint density at radius 1 is 1.02 bits per heavy atom. The van der Waals surface area contributed by atoms with Crippen molar-refractivity contribution in [2.24, 2.45) is 5.92 Å². The number of hydrogen-bond donors (Lipinski definition) is 2. The number of halogens is 2. The Morgan fingerprint density at radius 2 is 1.88 bits per heavy atom. The maximum atomic E-state index is 14.3. The molecule has 3 atom stereocenters. The Kier molecular flexibility index (Phi) is 11.0. The van der Waals surface area contributed by atoms with Crippen molar-refractivity contribution in [3.8, 4) is 11.8 Å². The van der Waals surface area contributed by atoms with Crippen LogP contribution >= 0.6 is 0 Å². The van der Waals surface area contributed by atoms with E-state index in [2.05, 4.69) is 47.6 Å². The zero-order chi connectivity index (χ0) is 44.2. The first-order valence-corrected chi connectivity index (χ1v) is 22.6. The van der Waals surface area contributed by atoms with Crippen molar-refractivity contribution in [3.05, 3.63) is 77.5 Å². The summed E-state index contributed by atoms with van der Waals surface area (Å²) in [4.78, 5) is 47.4. The van der Waals surface area contributed by atoms with Gasteiger partial charge >= 0.3 is 0 Å². The first-order valence-electron chi connectivity index (χ1n) is 22.6. The van der Waals surface area contributed by atoms with Crippen LogP contribution < -0.4 is 15.5 Å². The Labute approximate surface area is 371 Å². The molecule has 2 bridgehead atoms. The molecule has 0 spiro atoms. The number of anilines is 2. The number of alkyl halides is 2. The van der Waals surface area contributed by atoms with Crippen LogP contribution in [0.5, 0.6) is 0 Å². The van der Waals surface area contributed by atoms with E-state index in [1.807, 2.05) is 36.4 Å². The highest BCUT2D eigenvalue weighted by Crippen LogP contribution is 2.38. The van der Waals surface area contributed by atoms with Crippen LogP contribution in [-0.2, 0) is 19.1 Å². The van der Waals surface area contributed by atoms with Crippen molar-refractivity contribution in [3.63, 3.8) is 0 Å². The summed E-state index contributed by atoms with van der Waals surface area (Å²) in [5.41, 5.74) is 2.06. The molecule has 3 amide bonds. The quantitative estimate of drug-likeness (QED) is 0.119. The molecule has 65 heavy (non-hydrogen) atoms. The molecule has 3 unspecified atom stereocenters. The molecule has 4 saturated heterocycles. The van der Waals surface area contributed by atoms with Crippen LogP contribution in [0.25, 0.3) is 27.4 Å². The van der Waals surface area contributed by atoms with Crippen molar-refractivity contribution in [2.45, 2.75) is 94.4 Å². The summed E-state index contributed by atoms with van der Waals surface area (Å²) in [6.45, 7) is 4.54. The third kappa shape index (κ3) is 8.10. The molecule has 1 saturated carbocycles. The SMILES string of the molecule is O=C1CCC(c2noc3ccc4c(C#CCOC5CCN(CC6CCC(n7cc(NC(=O)c8cnn9ccc(N%10CC%11CC%10CO%11)nc89)c(C(F)F)n7)CC6)CC5)cccc4c23)C(=O)N1. The van der Waals surface area contributed by atoms with E-state index in [-0.39, 0.29) is 53.8 Å². The van der Waals surface area contributed by atoms with Gasteiger partial charge in [-0.2, -0.15) is 10.2 Å². The Bertz CT molecular complexity index is 2870. The molecular weight excluding hydrogens is 839 g/mol. The lowest BCUT2D eigenvalue weighted by atomic mass is 9.85. The number of hydrogen-bond acceptors (Lipinski definition) is 12. The van der Waals surface area contributed by atoms with Gasteiger partial charge < -0.3 is 29.1 Å². The lowest BCUT2D eigenvalue weighted by Gasteiger charge is -2.36. The largest absolute Gasteiger partial charge is 0.374 e. The van der Waals surface area contributed by atoms with Crippen molar-refractivity contribution >= 4 is 56.6 Å². The molecule has 4 aromatic heterocycles. The fraction of sp³-hybridized carbons (Fsp3) is 0.468. The standard InChI is InChI=1S/C47H48F2N10O6/c48-44(49)43-37(51-47(62)36-22-50-58-19-16-39(52-45(36)58)57-24-32-21-30(57)26-64-32)25-59(54-43)29-8-6-27(7-9-29)23-56-17-14-31(15-18-56)63-20-2-4-28-3-1-5-34-33(28)10-12-38-41(34)42(55-65-38)35-11-13-40(60)53-46(35)61/h1,3,5,10,12,16,19,22,25,27,29-32,35,44H,6-9,11,13-15,17-18,20-21,23-24,26H2,(H,51,62)(H,53,60,61). The van der Waals surface area contributed by atoms with Crippen LogP contribution in [0.4, 0.5) is 20.3 Å². The van der Waals surface area contributed by atoms with E-state index in [4.69, 9.17) is 19.0 Å². The van der Waals surface area contributed by atoms with Crippen molar-refractivity contribution in [1.82, 2.24) is 39.8 Å². The number of nitrogens with zero attached hydrogens (tertiary/aromatic N) is 8. The summed E-state index contributed by atoms with van der Waals surface area (Å²) in [7, 11) is 0. The normalized spacial score (nSPS) is 24.0. The molecule has 4 aliphatic heterocycles. The van der Waals surface area contributed by atoms with Crippen LogP contribution in [0, 0.1) is 17.8 Å². The van der Waals surface area contributed by atoms with Crippen molar-refractivity contribution < 1.29 is 37.2 Å². The number of amides is 3. The topological polar surface area (TPSA) is 174 Å². The molecule has 11 rings (SSSR count). The molecule has 16 nitrogen and oxygen atoms in total. The van der Waals surface area contributed by atoms with E-state index in [9.17, 15) is 23.2 Å². The van der Waals surface area contributed by atoms with Crippen molar-refractivity contribution in [2.75, 3.05) is 49.6 Å². The molecule has 5 aliphatic rings. The van der Waals surface area contributed by atoms with Crippen LogP contribution in [-0.4, -0.2) is 110 Å². The minimum absolute atomic E-state index is 0.00257. The Morgan fingerprint density at radius 3 is 2.66 bits per heavy atom. The zero-order valence-electron chi connectivity index (χ0n) is 35.6. The summed E-state index contributed by atoms with van der Waals surface area (Å²) in [6, 6.07) is 11.7. The maximum Gasteiger partial charge on any atom is 0.284 e. The fourth-order valence-electron chi connectivity index (χ4n) is 10.5. The minimum Gasteiger partial charge on any atom is -0.374 e. The second-order valence-electron chi connectivity index (χ2n) is 18.0. The average molecular weight is 887 g/mol. The van der Waals surface area contributed by atoms with Gasteiger partial charge in [-0.3, -0.25) is 24.4 Å². The van der Waals surface area contributed by atoms with Gasteiger partial charge in [-0.15, -0.1) is 0 Å². The monoisotopic (exact) mass is 886 g/mol. The van der Waals surface area contributed by atoms with E-state index >= 15 is 0 Å². The smallest absolute Gasteiger partial charge is 0.284 e. The molecular formula is C47H48F2N10O6. The van der Waals surface area contributed by atoms with Crippen molar-refractivity contribution in [1.29, 1.82) is 0 Å². The van der Waals surface area contributed by atoms with Gasteiger partial charge in [0.1, 0.15) is 23.7 Å². The van der Waals surface area contributed by atoms with E-state index in [1.165, 1.54) is 10.7 Å². The number of carbonyl (C=O) groups excluding carboxylic acids is 3. The highest BCUT2D eigenvalue weighted by atomic mass is 19.3. The Balaban J connectivity index is 0.658. The number of morpholine rings is 1. The molecule has 8 heterocycles. The predicted molar refractivity (Wildman–Crippen MR) is 234 cm³/mol. The molecule has 5 fully saturated rings. The number of ether oxygens (including phenoxy) is 2. The second-order valence-corrected chi connectivity index (χ2v) is 18.0. The van der Waals surface area contributed by atoms with E-state index < -0.39 is 23.9 Å². The number of piperidine rings is 2. The first kappa shape index (κ1) is 41.4. The molecule has 6 aromatic rings. The van der Waals surface area contributed by atoms with Crippen LogP contribution in [0.2, 0.25) is 0 Å². The average Bonchev–Trinajstić information content (AvgIpc) is 4.18. The number of nitrogens with one attached hydrogen (secondary N) is 2. The summed E-state index contributed by atoms with van der Waals surface area (Å²) in [5.74, 6) is 5.97. The predicted octanol–water partition coefficient (Wildman–Crippen LogP) is 6.17. The summed E-state index contributed by atoms with van der Waals surface area (Å²) >= 11 is 0. The van der Waals surface area contributed by atoms with Crippen LogP contribution in [0.3, 0.4) is 0 Å². The van der Waals surface area contributed by atoms with Crippen LogP contribution in [0.1, 0.15) is 103 Å². The third-order valence-electron chi connectivity index (χ3n) is 14.0. The molecule has 336 valence electrons. The molecule has 18 heteroatoms. The number of aromatic nitrogens is 6. The van der Waals surface area contributed by atoms with Gasteiger partial charge in [0.25, 0.3) is 12.3 Å². The summed E-state index contributed by atoms with van der Waals surface area (Å²) < 4.78 is 49.3. The zero-order valence-corrected chi connectivity index (χ0v) is 35.6. The number of fused-ring (bicyclic) bond motifs is 6. The Hall–Kier alpha value is -6.29. The van der Waals surface area contributed by atoms with Gasteiger partial charge in [0.05, 0.1) is 54.1 Å². The number of carbonyl (C=O) groups is 3. The molecule has 2 aromatic carbocycles. The van der Waals surface area contributed by atoms with E-state index in [1.54, 1.807) is 17.1 Å². The maximum absolute atomic E-state index is 14.3. The van der Waals surface area contributed by atoms with Gasteiger partial charge in [-0.25, -0.2) is 18.3 Å². The van der Waals surface area contributed by atoms with Gasteiger partial charge in [0.15, 0.2) is 16.9 Å².